The number of anilines is 1. The topological polar surface area (TPSA) is 72.5 Å². The fraction of sp³-hybridized carbons (Fsp3) is 0.133. The number of rotatable bonds is 5. The highest BCUT2D eigenvalue weighted by atomic mass is 35.5. The predicted molar refractivity (Wildman–Crippen MR) is 85.3 cm³/mol. The van der Waals surface area contributed by atoms with E-state index in [1.807, 2.05) is 0 Å². The van der Waals surface area contributed by atoms with Crippen LogP contribution in [-0.4, -0.2) is 21.3 Å². The average molecular weight is 340 g/mol. The van der Waals surface area contributed by atoms with E-state index in [-0.39, 0.29) is 10.7 Å². The smallest absolute Gasteiger partial charge is 0.261 e. The molecule has 0 aliphatic heterocycles. The zero-order valence-corrected chi connectivity index (χ0v) is 13.5. The number of methoxy groups -OCH3 is 1. The zero-order valence-electron chi connectivity index (χ0n) is 12.0. The highest BCUT2D eigenvalue weighted by molar-refractivity contribution is 7.92. The third-order valence-electron chi connectivity index (χ3n) is 2.98. The van der Waals surface area contributed by atoms with Crippen molar-refractivity contribution in [2.24, 2.45) is 0 Å². The number of benzene rings is 2. The van der Waals surface area contributed by atoms with Crippen molar-refractivity contribution in [2.75, 3.05) is 11.8 Å². The number of hydrogen-bond acceptors (Lipinski definition) is 4. The third-order valence-corrected chi connectivity index (χ3v) is 4.67. The minimum absolute atomic E-state index is 0.0597. The number of sulfonamides is 1. The molecule has 116 valence electrons. The Kier molecular flexibility index (Phi) is 4.73. The summed E-state index contributed by atoms with van der Waals surface area (Å²) in [6.45, 7) is 1.42. The number of nitrogens with one attached hydrogen (secondary N) is 1. The van der Waals surface area contributed by atoms with E-state index in [0.717, 1.165) is 0 Å². The molecular weight excluding hydrogens is 326 g/mol. The van der Waals surface area contributed by atoms with Gasteiger partial charge in [0.2, 0.25) is 0 Å². The van der Waals surface area contributed by atoms with Gasteiger partial charge in [0.05, 0.1) is 22.7 Å². The van der Waals surface area contributed by atoms with Gasteiger partial charge in [-0.1, -0.05) is 23.7 Å². The van der Waals surface area contributed by atoms with Crippen LogP contribution in [0.1, 0.15) is 17.3 Å². The third kappa shape index (κ3) is 3.58. The summed E-state index contributed by atoms with van der Waals surface area (Å²) >= 11 is 5.96. The van der Waals surface area contributed by atoms with E-state index >= 15 is 0 Å². The molecule has 0 saturated heterocycles. The Labute approximate surface area is 133 Å². The fourth-order valence-corrected chi connectivity index (χ4v) is 3.12. The van der Waals surface area contributed by atoms with Gasteiger partial charge in [-0.15, -0.1) is 0 Å². The van der Waals surface area contributed by atoms with E-state index in [1.165, 1.54) is 44.4 Å². The van der Waals surface area contributed by atoms with Crippen molar-refractivity contribution in [1.29, 1.82) is 0 Å². The van der Waals surface area contributed by atoms with E-state index in [1.54, 1.807) is 12.1 Å². The molecule has 0 amide bonds. The molecule has 0 fully saturated rings. The van der Waals surface area contributed by atoms with Crippen molar-refractivity contribution >= 4 is 33.1 Å². The number of ketones is 1. The van der Waals surface area contributed by atoms with Gasteiger partial charge in [-0.2, -0.15) is 0 Å². The first kappa shape index (κ1) is 16.3. The van der Waals surface area contributed by atoms with Gasteiger partial charge in [-0.25, -0.2) is 8.42 Å². The Balaban J connectivity index is 2.27. The van der Waals surface area contributed by atoms with Crippen LogP contribution >= 0.6 is 11.6 Å². The first-order valence-corrected chi connectivity index (χ1v) is 8.17. The largest absolute Gasteiger partial charge is 0.495 e. The van der Waals surface area contributed by atoms with Crippen LogP contribution in [0.15, 0.2) is 47.4 Å². The van der Waals surface area contributed by atoms with E-state index in [2.05, 4.69) is 4.72 Å². The van der Waals surface area contributed by atoms with Gasteiger partial charge in [0.15, 0.2) is 5.78 Å². The highest BCUT2D eigenvalue weighted by Gasteiger charge is 2.15. The number of ether oxygens (including phenoxy) is 1. The van der Waals surface area contributed by atoms with Gasteiger partial charge in [0, 0.05) is 5.56 Å². The van der Waals surface area contributed by atoms with Crippen LogP contribution in [0.5, 0.6) is 5.75 Å². The first-order chi connectivity index (χ1) is 10.3. The predicted octanol–water partition coefficient (Wildman–Crippen LogP) is 3.35. The molecule has 5 nitrogen and oxygen atoms in total. The monoisotopic (exact) mass is 339 g/mol. The maximum absolute atomic E-state index is 12.3. The molecule has 0 aromatic heterocycles. The number of halogens is 1. The Morgan fingerprint density at radius 3 is 2.27 bits per heavy atom. The Morgan fingerprint density at radius 1 is 1.14 bits per heavy atom. The number of hydrogen-bond donors (Lipinski definition) is 1. The molecule has 0 atom stereocenters. The zero-order chi connectivity index (χ0) is 16.3. The summed E-state index contributed by atoms with van der Waals surface area (Å²) in [4.78, 5) is 11.3. The van der Waals surface area contributed by atoms with Gasteiger partial charge < -0.3 is 4.74 Å². The second-order valence-electron chi connectivity index (χ2n) is 4.54. The van der Waals surface area contributed by atoms with Crippen molar-refractivity contribution in [3.05, 3.63) is 53.1 Å². The van der Waals surface area contributed by atoms with E-state index in [4.69, 9.17) is 16.3 Å². The molecule has 0 bridgehead atoms. The van der Waals surface area contributed by atoms with Crippen LogP contribution in [0.4, 0.5) is 5.69 Å². The second kappa shape index (κ2) is 6.37. The lowest BCUT2D eigenvalue weighted by Crippen LogP contribution is -2.13. The molecular formula is C15H14ClNO4S. The Bertz CT molecular complexity index is 801. The molecule has 2 aromatic carbocycles. The maximum atomic E-state index is 12.3. The molecule has 0 saturated carbocycles. The van der Waals surface area contributed by atoms with Crippen molar-refractivity contribution in [3.63, 3.8) is 0 Å². The van der Waals surface area contributed by atoms with Crippen molar-refractivity contribution in [3.8, 4) is 5.75 Å². The van der Waals surface area contributed by atoms with Crippen molar-refractivity contribution in [2.45, 2.75) is 11.8 Å². The van der Waals surface area contributed by atoms with Gasteiger partial charge in [-0.05, 0) is 37.3 Å². The highest BCUT2D eigenvalue weighted by Crippen LogP contribution is 2.28. The molecule has 2 rings (SSSR count). The standard InChI is InChI=1S/C15H14ClNO4S/c1-10(18)11-3-6-13(7-4-11)22(19,20)17-12-5-8-15(21-2)14(16)9-12/h3-9,17H,1-2H3. The minimum Gasteiger partial charge on any atom is -0.495 e. The maximum Gasteiger partial charge on any atom is 0.261 e. The normalized spacial score (nSPS) is 11.0. The van der Waals surface area contributed by atoms with Crippen LogP contribution in [0.2, 0.25) is 5.02 Å². The molecule has 0 aliphatic carbocycles. The van der Waals surface area contributed by atoms with Crippen LogP contribution < -0.4 is 9.46 Å². The lowest BCUT2D eigenvalue weighted by Gasteiger charge is -2.10. The summed E-state index contributed by atoms with van der Waals surface area (Å²) < 4.78 is 32.0. The molecule has 0 aliphatic rings. The number of carbonyl (C=O) groups excluding carboxylic acids is 1. The number of carbonyl (C=O) groups is 1. The van der Waals surface area contributed by atoms with Crippen LogP contribution in [0.3, 0.4) is 0 Å². The molecule has 0 radical (unpaired) electrons. The van der Waals surface area contributed by atoms with Crippen molar-refractivity contribution in [1.82, 2.24) is 0 Å². The van der Waals surface area contributed by atoms with E-state index in [0.29, 0.717) is 22.0 Å². The van der Waals surface area contributed by atoms with Crippen LogP contribution in [0, 0.1) is 0 Å². The molecule has 7 heteroatoms. The summed E-state index contributed by atoms with van der Waals surface area (Å²) in [6.07, 6.45) is 0. The first-order valence-electron chi connectivity index (χ1n) is 6.31. The second-order valence-corrected chi connectivity index (χ2v) is 6.62. The van der Waals surface area contributed by atoms with Crippen molar-refractivity contribution < 1.29 is 17.9 Å². The number of Topliss-reactive ketones (excluding diaryl/α,β-unsaturated/α-hetero) is 1. The molecule has 1 N–H and O–H groups in total. The van der Waals surface area contributed by atoms with Crippen LogP contribution in [-0.2, 0) is 10.0 Å². The summed E-state index contributed by atoms with van der Waals surface area (Å²) in [5, 5.41) is 0.301. The fourth-order valence-electron chi connectivity index (χ4n) is 1.81. The lowest BCUT2D eigenvalue weighted by molar-refractivity contribution is 0.101. The molecule has 0 heterocycles. The van der Waals surface area contributed by atoms with Gasteiger partial charge in [0.25, 0.3) is 10.0 Å². The molecule has 22 heavy (non-hydrogen) atoms. The average Bonchev–Trinajstić information content (AvgIpc) is 2.47. The SMILES string of the molecule is COc1ccc(NS(=O)(=O)c2ccc(C(C)=O)cc2)cc1Cl. The Hall–Kier alpha value is -2.05. The molecule has 0 unspecified atom stereocenters. The minimum atomic E-state index is -3.75. The summed E-state index contributed by atoms with van der Waals surface area (Å²) in [5.74, 6) is 0.328. The molecule has 2 aromatic rings. The summed E-state index contributed by atoms with van der Waals surface area (Å²) in [6, 6.07) is 10.3. The van der Waals surface area contributed by atoms with Gasteiger partial charge in [0.1, 0.15) is 5.75 Å². The quantitative estimate of drug-likeness (QED) is 0.848. The van der Waals surface area contributed by atoms with E-state index < -0.39 is 10.0 Å². The summed E-state index contributed by atoms with van der Waals surface area (Å²) in [7, 11) is -2.28. The van der Waals surface area contributed by atoms with Gasteiger partial charge >= 0.3 is 0 Å². The lowest BCUT2D eigenvalue weighted by atomic mass is 10.2. The van der Waals surface area contributed by atoms with Gasteiger partial charge in [-0.3, -0.25) is 9.52 Å². The van der Waals surface area contributed by atoms with Crippen LogP contribution in [0.25, 0.3) is 0 Å². The Morgan fingerprint density at radius 2 is 1.77 bits per heavy atom. The van der Waals surface area contributed by atoms with E-state index in [9.17, 15) is 13.2 Å². The summed E-state index contributed by atoms with van der Waals surface area (Å²) in [5.41, 5.74) is 0.771. The molecule has 0 spiro atoms.